The van der Waals surface area contributed by atoms with E-state index >= 15 is 4.39 Å². The van der Waals surface area contributed by atoms with Gasteiger partial charge in [0.2, 0.25) is 0 Å². The molecular formula is C35H25F2N. The number of rotatable bonds is 5. The number of benzene rings is 6. The van der Waals surface area contributed by atoms with Crippen LogP contribution in [0.2, 0.25) is 0 Å². The average molecular weight is 498 g/mol. The number of halogens is 2. The Morgan fingerprint density at radius 3 is 1.87 bits per heavy atom. The van der Waals surface area contributed by atoms with Crippen molar-refractivity contribution in [2.75, 3.05) is 11.9 Å². The first-order valence-electron chi connectivity index (χ1n) is 12.6. The Labute approximate surface area is 221 Å². The van der Waals surface area contributed by atoms with Crippen LogP contribution >= 0.6 is 0 Å². The largest absolute Gasteiger partial charge is 0.340 e. The molecule has 0 saturated carbocycles. The second-order valence-corrected chi connectivity index (χ2v) is 9.37. The molecule has 0 saturated heterocycles. The molecule has 0 spiro atoms. The molecule has 1 nitrogen and oxygen atoms in total. The fourth-order valence-corrected chi connectivity index (χ4v) is 5.00. The van der Waals surface area contributed by atoms with Crippen molar-refractivity contribution in [1.29, 1.82) is 0 Å². The van der Waals surface area contributed by atoms with Gasteiger partial charge in [-0.3, -0.25) is 0 Å². The summed E-state index contributed by atoms with van der Waals surface area (Å²) in [5.41, 5.74) is 6.33. The van der Waals surface area contributed by atoms with Crippen molar-refractivity contribution in [3.63, 3.8) is 0 Å². The molecule has 6 aromatic rings. The molecule has 0 aliphatic carbocycles. The van der Waals surface area contributed by atoms with Gasteiger partial charge in [0.1, 0.15) is 11.6 Å². The van der Waals surface area contributed by atoms with Crippen LogP contribution in [0.1, 0.15) is 0 Å². The minimum atomic E-state index is -0.413. The average Bonchev–Trinajstić information content (AvgIpc) is 2.97. The highest BCUT2D eigenvalue weighted by Crippen LogP contribution is 2.40. The Morgan fingerprint density at radius 2 is 1.05 bits per heavy atom. The van der Waals surface area contributed by atoms with Gasteiger partial charge in [0.15, 0.2) is 0 Å². The van der Waals surface area contributed by atoms with E-state index in [1.807, 2.05) is 60.7 Å². The smallest absolute Gasteiger partial charge is 0.147 e. The van der Waals surface area contributed by atoms with Gasteiger partial charge >= 0.3 is 0 Å². The third-order valence-electron chi connectivity index (χ3n) is 7.00. The van der Waals surface area contributed by atoms with Gasteiger partial charge in [-0.05, 0) is 80.6 Å². The maximum absolute atomic E-state index is 15.6. The highest BCUT2D eigenvalue weighted by Gasteiger charge is 2.18. The Balaban J connectivity index is 1.52. The van der Waals surface area contributed by atoms with Crippen LogP contribution in [0.5, 0.6) is 0 Å². The molecule has 0 aliphatic rings. The van der Waals surface area contributed by atoms with Crippen molar-refractivity contribution in [1.82, 2.24) is 0 Å². The van der Waals surface area contributed by atoms with Crippen molar-refractivity contribution in [2.24, 2.45) is 0 Å². The molecule has 0 unspecified atom stereocenters. The third kappa shape index (κ3) is 4.44. The molecule has 6 rings (SSSR count). The molecular weight excluding hydrogens is 472 g/mol. The van der Waals surface area contributed by atoms with Gasteiger partial charge < -0.3 is 4.90 Å². The predicted molar refractivity (Wildman–Crippen MR) is 155 cm³/mol. The molecule has 184 valence electrons. The minimum absolute atomic E-state index is 0.306. The van der Waals surface area contributed by atoms with Gasteiger partial charge in [-0.15, -0.1) is 0 Å². The van der Waals surface area contributed by atoms with Gasteiger partial charge in [0, 0.05) is 7.05 Å². The lowest BCUT2D eigenvalue weighted by Crippen LogP contribution is -2.13. The van der Waals surface area contributed by atoms with Gasteiger partial charge in [0.25, 0.3) is 0 Å². The molecule has 0 atom stereocenters. The van der Waals surface area contributed by atoms with Crippen LogP contribution in [0.3, 0.4) is 0 Å². The van der Waals surface area contributed by atoms with E-state index in [0.29, 0.717) is 11.4 Å². The van der Waals surface area contributed by atoms with Crippen LogP contribution in [0.4, 0.5) is 20.2 Å². The maximum Gasteiger partial charge on any atom is 0.147 e. The number of fused-ring (bicyclic) bond motifs is 1. The fourth-order valence-electron chi connectivity index (χ4n) is 5.00. The number of nitrogens with zero attached hydrogens (tertiary/aromatic N) is 1. The Kier molecular flexibility index (Phi) is 6.19. The number of hydrogen-bond acceptors (Lipinski definition) is 1. The van der Waals surface area contributed by atoms with E-state index in [1.54, 1.807) is 36.2 Å². The normalized spacial score (nSPS) is 11.0. The van der Waals surface area contributed by atoms with Crippen molar-refractivity contribution < 1.29 is 8.78 Å². The summed E-state index contributed by atoms with van der Waals surface area (Å²) in [6.07, 6.45) is 0. The van der Waals surface area contributed by atoms with E-state index < -0.39 is 11.6 Å². The molecule has 6 aromatic carbocycles. The topological polar surface area (TPSA) is 3.24 Å². The van der Waals surface area contributed by atoms with Crippen LogP contribution in [-0.2, 0) is 0 Å². The first-order chi connectivity index (χ1) is 18.6. The zero-order chi connectivity index (χ0) is 26.1. The molecule has 38 heavy (non-hydrogen) atoms. The molecule has 0 bridgehead atoms. The molecule has 0 amide bonds. The van der Waals surface area contributed by atoms with E-state index in [9.17, 15) is 4.39 Å². The van der Waals surface area contributed by atoms with Crippen LogP contribution in [0.25, 0.3) is 44.2 Å². The summed E-state index contributed by atoms with van der Waals surface area (Å²) in [5, 5.41) is 2.37. The summed E-state index contributed by atoms with van der Waals surface area (Å²) in [4.78, 5) is 1.57. The summed E-state index contributed by atoms with van der Waals surface area (Å²) in [5.74, 6) is -0.814. The highest BCUT2D eigenvalue weighted by atomic mass is 19.1. The van der Waals surface area contributed by atoms with Crippen LogP contribution < -0.4 is 4.90 Å². The van der Waals surface area contributed by atoms with Gasteiger partial charge in [0.05, 0.1) is 11.4 Å². The zero-order valence-corrected chi connectivity index (χ0v) is 20.9. The second-order valence-electron chi connectivity index (χ2n) is 9.37. The van der Waals surface area contributed by atoms with E-state index in [-0.39, 0.29) is 0 Å². The predicted octanol–water partition coefficient (Wildman–Crippen LogP) is 9.89. The van der Waals surface area contributed by atoms with E-state index in [2.05, 4.69) is 42.5 Å². The van der Waals surface area contributed by atoms with Crippen LogP contribution in [0.15, 0.2) is 133 Å². The van der Waals surface area contributed by atoms with Crippen LogP contribution in [0, 0.1) is 11.6 Å². The van der Waals surface area contributed by atoms with E-state index in [0.717, 1.165) is 33.4 Å². The molecule has 0 aliphatic heterocycles. The summed E-state index contributed by atoms with van der Waals surface area (Å²) in [6.45, 7) is 0. The Bertz CT molecular complexity index is 1760. The first kappa shape index (κ1) is 23.6. The molecule has 0 aromatic heterocycles. The highest BCUT2D eigenvalue weighted by molar-refractivity contribution is 5.90. The van der Waals surface area contributed by atoms with Gasteiger partial charge in [-0.2, -0.15) is 0 Å². The summed E-state index contributed by atoms with van der Waals surface area (Å²) in [7, 11) is 1.69. The van der Waals surface area contributed by atoms with E-state index in [1.165, 1.54) is 16.8 Å². The summed E-state index contributed by atoms with van der Waals surface area (Å²) < 4.78 is 30.2. The lowest BCUT2D eigenvalue weighted by molar-refractivity contribution is 0.618. The SMILES string of the molecule is CN(c1ccccc1F)c1cc(-c2cccc(-c3ccc4ccccc4c3)c2)c(-c2ccccc2)cc1F. The summed E-state index contributed by atoms with van der Waals surface area (Å²) >= 11 is 0. The standard InChI is InChI=1S/C35H25F2N/c1-38(34-17-8-7-16-32(34)36)35-23-31(30(22-33(35)37)25-11-3-2-4-12-25)29-15-9-14-27(21-29)28-19-18-24-10-5-6-13-26(24)20-28/h2-23H,1H3. The van der Waals surface area contributed by atoms with Crippen molar-refractivity contribution in [3.8, 4) is 33.4 Å². The Morgan fingerprint density at radius 1 is 0.421 bits per heavy atom. The maximum atomic E-state index is 15.6. The second kappa shape index (κ2) is 9.95. The lowest BCUT2D eigenvalue weighted by Gasteiger charge is -2.23. The number of para-hydroxylation sites is 1. The molecule has 3 heteroatoms. The zero-order valence-electron chi connectivity index (χ0n) is 20.9. The molecule has 0 radical (unpaired) electrons. The fraction of sp³-hybridized carbons (Fsp3) is 0.0286. The number of hydrogen-bond donors (Lipinski definition) is 0. The van der Waals surface area contributed by atoms with Gasteiger partial charge in [-0.1, -0.05) is 97.1 Å². The van der Waals surface area contributed by atoms with Crippen molar-refractivity contribution >= 4 is 22.1 Å². The summed E-state index contributed by atoms with van der Waals surface area (Å²) in [6, 6.07) is 42.6. The molecule has 0 N–H and O–H groups in total. The quantitative estimate of drug-likeness (QED) is 0.229. The van der Waals surface area contributed by atoms with Crippen LogP contribution in [-0.4, -0.2) is 7.05 Å². The van der Waals surface area contributed by atoms with E-state index in [4.69, 9.17) is 0 Å². The lowest BCUT2D eigenvalue weighted by atomic mass is 9.91. The molecule has 0 fully saturated rings. The first-order valence-corrected chi connectivity index (χ1v) is 12.6. The molecule has 0 heterocycles. The minimum Gasteiger partial charge on any atom is -0.340 e. The number of anilines is 2. The van der Waals surface area contributed by atoms with Crippen molar-refractivity contribution in [2.45, 2.75) is 0 Å². The van der Waals surface area contributed by atoms with Crippen molar-refractivity contribution in [3.05, 3.63) is 145 Å². The third-order valence-corrected chi connectivity index (χ3v) is 7.00. The Hall–Kier alpha value is -4.76. The monoisotopic (exact) mass is 497 g/mol. The van der Waals surface area contributed by atoms with Gasteiger partial charge in [-0.25, -0.2) is 8.78 Å².